The van der Waals surface area contributed by atoms with Gasteiger partial charge >= 0.3 is 0 Å². The SMILES string of the molecule is NN[C@@H](c1nnnn1CCc1ccccc1)C1CCCCC1. The summed E-state index contributed by atoms with van der Waals surface area (Å²) in [6, 6.07) is 10.5. The molecular formula is C16H24N6. The number of aryl methyl sites for hydroxylation is 2. The molecule has 0 unspecified atom stereocenters. The molecule has 0 aliphatic heterocycles. The van der Waals surface area contributed by atoms with E-state index >= 15 is 0 Å². The summed E-state index contributed by atoms with van der Waals surface area (Å²) in [5, 5.41) is 12.3. The maximum atomic E-state index is 5.81. The van der Waals surface area contributed by atoms with Crippen molar-refractivity contribution in [3.8, 4) is 0 Å². The minimum absolute atomic E-state index is 0.0473. The first-order valence-electron chi connectivity index (χ1n) is 8.14. The second-order valence-electron chi connectivity index (χ2n) is 6.04. The molecule has 0 amide bonds. The van der Waals surface area contributed by atoms with Crippen molar-refractivity contribution < 1.29 is 0 Å². The van der Waals surface area contributed by atoms with Gasteiger partial charge in [-0.15, -0.1) is 5.10 Å². The second kappa shape index (κ2) is 7.47. The topological polar surface area (TPSA) is 81.7 Å². The predicted molar refractivity (Wildman–Crippen MR) is 84.6 cm³/mol. The van der Waals surface area contributed by atoms with E-state index in [0.717, 1.165) is 18.8 Å². The van der Waals surface area contributed by atoms with Gasteiger partial charge in [-0.2, -0.15) is 0 Å². The molecule has 6 nitrogen and oxygen atoms in total. The van der Waals surface area contributed by atoms with Crippen molar-refractivity contribution in [1.29, 1.82) is 0 Å². The molecule has 3 N–H and O–H groups in total. The molecule has 1 aliphatic rings. The van der Waals surface area contributed by atoms with Gasteiger partial charge in [0.2, 0.25) is 0 Å². The highest BCUT2D eigenvalue weighted by Gasteiger charge is 2.28. The number of nitrogens with zero attached hydrogens (tertiary/aromatic N) is 4. The van der Waals surface area contributed by atoms with Crippen LogP contribution in [0.3, 0.4) is 0 Å². The number of nitrogens with one attached hydrogen (secondary N) is 1. The van der Waals surface area contributed by atoms with E-state index in [0.29, 0.717) is 5.92 Å². The number of rotatable bonds is 6. The number of nitrogens with two attached hydrogens (primary N) is 1. The van der Waals surface area contributed by atoms with E-state index in [9.17, 15) is 0 Å². The van der Waals surface area contributed by atoms with E-state index in [4.69, 9.17) is 5.84 Å². The zero-order valence-electron chi connectivity index (χ0n) is 12.9. The lowest BCUT2D eigenvalue weighted by atomic mass is 9.84. The first-order chi connectivity index (χ1) is 10.9. The molecule has 1 aliphatic carbocycles. The summed E-state index contributed by atoms with van der Waals surface area (Å²) in [7, 11) is 0. The molecule has 1 saturated carbocycles. The molecule has 1 atom stereocenters. The highest BCUT2D eigenvalue weighted by molar-refractivity contribution is 5.14. The number of benzene rings is 1. The van der Waals surface area contributed by atoms with Crippen LogP contribution in [0.5, 0.6) is 0 Å². The maximum absolute atomic E-state index is 5.81. The molecular weight excluding hydrogens is 276 g/mol. The molecule has 0 bridgehead atoms. The van der Waals surface area contributed by atoms with Gasteiger partial charge in [0.25, 0.3) is 0 Å². The molecule has 1 aromatic heterocycles. The molecule has 1 heterocycles. The average Bonchev–Trinajstić information content (AvgIpc) is 3.04. The van der Waals surface area contributed by atoms with Crippen LogP contribution in [0.4, 0.5) is 0 Å². The van der Waals surface area contributed by atoms with Gasteiger partial charge in [-0.1, -0.05) is 49.6 Å². The summed E-state index contributed by atoms with van der Waals surface area (Å²) in [5.74, 6) is 7.21. The van der Waals surface area contributed by atoms with Crippen LogP contribution in [0.2, 0.25) is 0 Å². The third-order valence-electron chi connectivity index (χ3n) is 4.59. The van der Waals surface area contributed by atoms with E-state index < -0.39 is 0 Å². The van der Waals surface area contributed by atoms with Gasteiger partial charge in [0.1, 0.15) is 0 Å². The van der Waals surface area contributed by atoms with Crippen molar-refractivity contribution in [3.63, 3.8) is 0 Å². The van der Waals surface area contributed by atoms with Gasteiger partial charge in [-0.25, -0.2) is 10.1 Å². The zero-order valence-corrected chi connectivity index (χ0v) is 12.9. The first kappa shape index (κ1) is 15.1. The highest BCUT2D eigenvalue weighted by atomic mass is 15.5. The average molecular weight is 300 g/mol. The molecule has 6 heteroatoms. The summed E-state index contributed by atoms with van der Waals surface area (Å²) < 4.78 is 1.89. The fraction of sp³-hybridized carbons (Fsp3) is 0.562. The van der Waals surface area contributed by atoms with E-state index in [-0.39, 0.29) is 6.04 Å². The molecule has 3 rings (SSSR count). The van der Waals surface area contributed by atoms with Crippen molar-refractivity contribution in [1.82, 2.24) is 25.6 Å². The fourth-order valence-electron chi connectivity index (χ4n) is 3.36. The van der Waals surface area contributed by atoms with Gasteiger partial charge in [-0.3, -0.25) is 5.84 Å². The Hall–Kier alpha value is -1.79. The predicted octanol–water partition coefficient (Wildman–Crippen LogP) is 2.00. The van der Waals surface area contributed by atoms with Crippen LogP contribution in [0, 0.1) is 5.92 Å². The lowest BCUT2D eigenvalue weighted by molar-refractivity contribution is 0.258. The Morgan fingerprint density at radius 3 is 2.68 bits per heavy atom. The number of hydrogen-bond acceptors (Lipinski definition) is 5. The van der Waals surface area contributed by atoms with E-state index in [1.807, 2.05) is 10.7 Å². The Morgan fingerprint density at radius 2 is 1.95 bits per heavy atom. The molecule has 0 saturated heterocycles. The van der Waals surface area contributed by atoms with Gasteiger partial charge in [0.15, 0.2) is 5.82 Å². The van der Waals surface area contributed by atoms with Crippen molar-refractivity contribution in [2.45, 2.75) is 51.1 Å². The summed E-state index contributed by atoms with van der Waals surface area (Å²) in [4.78, 5) is 0. The molecule has 2 aromatic rings. The lowest BCUT2D eigenvalue weighted by Crippen LogP contribution is -2.36. The van der Waals surface area contributed by atoms with Gasteiger partial charge in [-0.05, 0) is 41.2 Å². The Kier molecular flexibility index (Phi) is 5.13. The third-order valence-corrected chi connectivity index (χ3v) is 4.59. The van der Waals surface area contributed by atoms with Crippen LogP contribution in [0.25, 0.3) is 0 Å². The Bertz CT molecular complexity index is 561. The minimum Gasteiger partial charge on any atom is -0.271 e. The van der Waals surface area contributed by atoms with Crippen molar-refractivity contribution in [2.24, 2.45) is 11.8 Å². The van der Waals surface area contributed by atoms with E-state index in [1.165, 1.54) is 37.7 Å². The monoisotopic (exact) mass is 300 g/mol. The van der Waals surface area contributed by atoms with Crippen LogP contribution in [0.15, 0.2) is 30.3 Å². The molecule has 118 valence electrons. The van der Waals surface area contributed by atoms with Crippen molar-refractivity contribution in [2.75, 3.05) is 0 Å². The Balaban J connectivity index is 1.69. The summed E-state index contributed by atoms with van der Waals surface area (Å²) >= 11 is 0. The van der Waals surface area contributed by atoms with Crippen LogP contribution in [0.1, 0.15) is 49.5 Å². The number of hydrogen-bond donors (Lipinski definition) is 2. The maximum Gasteiger partial charge on any atom is 0.169 e. The Labute approximate surface area is 131 Å². The normalized spacial score (nSPS) is 17.5. The zero-order chi connectivity index (χ0) is 15.2. The lowest BCUT2D eigenvalue weighted by Gasteiger charge is -2.28. The summed E-state index contributed by atoms with van der Waals surface area (Å²) in [5.41, 5.74) is 4.24. The molecule has 22 heavy (non-hydrogen) atoms. The minimum atomic E-state index is 0.0473. The van der Waals surface area contributed by atoms with Crippen LogP contribution in [-0.4, -0.2) is 20.2 Å². The second-order valence-corrected chi connectivity index (χ2v) is 6.04. The number of hydrazine groups is 1. The van der Waals surface area contributed by atoms with E-state index in [1.54, 1.807) is 0 Å². The van der Waals surface area contributed by atoms with Crippen LogP contribution >= 0.6 is 0 Å². The smallest absolute Gasteiger partial charge is 0.169 e. The van der Waals surface area contributed by atoms with Gasteiger partial charge in [0, 0.05) is 6.54 Å². The fourth-order valence-corrected chi connectivity index (χ4v) is 3.36. The van der Waals surface area contributed by atoms with E-state index in [2.05, 4.69) is 45.2 Å². The molecule has 0 radical (unpaired) electrons. The molecule has 0 spiro atoms. The summed E-state index contributed by atoms with van der Waals surface area (Å²) in [6.45, 7) is 0.775. The largest absolute Gasteiger partial charge is 0.271 e. The first-order valence-corrected chi connectivity index (χ1v) is 8.14. The quantitative estimate of drug-likeness (QED) is 0.630. The van der Waals surface area contributed by atoms with Crippen molar-refractivity contribution in [3.05, 3.63) is 41.7 Å². The van der Waals surface area contributed by atoms with Gasteiger partial charge in [0.05, 0.1) is 6.04 Å². The molecule has 1 aromatic carbocycles. The summed E-state index contributed by atoms with van der Waals surface area (Å²) in [6.07, 6.45) is 7.18. The third kappa shape index (κ3) is 3.51. The van der Waals surface area contributed by atoms with Crippen molar-refractivity contribution >= 4 is 0 Å². The highest BCUT2D eigenvalue weighted by Crippen LogP contribution is 2.32. The van der Waals surface area contributed by atoms with Gasteiger partial charge < -0.3 is 0 Å². The van der Waals surface area contributed by atoms with Crippen LogP contribution in [-0.2, 0) is 13.0 Å². The Morgan fingerprint density at radius 1 is 1.18 bits per heavy atom. The number of aromatic nitrogens is 4. The van der Waals surface area contributed by atoms with Crippen LogP contribution < -0.4 is 11.3 Å². The standard InChI is InChI=1S/C16H24N6/c17-18-15(14-9-5-2-6-10-14)16-19-20-21-22(16)12-11-13-7-3-1-4-8-13/h1,3-4,7-8,14-15,18H,2,5-6,9-12,17H2/t15-/m1/s1. The molecule has 1 fully saturated rings. The number of tetrazole rings is 1.